The van der Waals surface area contributed by atoms with Gasteiger partial charge in [-0.15, -0.1) is 0 Å². The number of aromatic nitrogens is 5. The van der Waals surface area contributed by atoms with Gasteiger partial charge in [0.25, 0.3) is 5.91 Å². The molecule has 3 aromatic rings. The number of fused-ring (bicyclic) bond motifs is 2. The van der Waals surface area contributed by atoms with Gasteiger partial charge in [-0.3, -0.25) is 9.36 Å². The first-order chi connectivity index (χ1) is 13.6. The number of amides is 1. The average Bonchev–Trinajstić information content (AvgIpc) is 3.38. The molecule has 0 radical (unpaired) electrons. The molecule has 1 saturated carbocycles. The number of imidazole rings is 1. The number of carbonyl (C=O) groups excluding carboxylic acids is 1. The van der Waals surface area contributed by atoms with Crippen molar-refractivity contribution in [2.75, 3.05) is 0 Å². The van der Waals surface area contributed by atoms with E-state index in [0.717, 1.165) is 62.2 Å². The van der Waals surface area contributed by atoms with Gasteiger partial charge in [0.05, 0.1) is 17.1 Å². The molecule has 2 aromatic heterocycles. The summed E-state index contributed by atoms with van der Waals surface area (Å²) in [5.41, 5.74) is 2.05. The molecule has 1 aromatic carbocycles. The zero-order valence-electron chi connectivity index (χ0n) is 15.9. The Morgan fingerprint density at radius 2 is 2.04 bits per heavy atom. The Bertz CT molecular complexity index is 1100. The predicted molar refractivity (Wildman–Crippen MR) is 104 cm³/mol. The van der Waals surface area contributed by atoms with Crippen molar-refractivity contribution in [3.63, 3.8) is 0 Å². The van der Waals surface area contributed by atoms with Crippen LogP contribution in [-0.2, 0) is 6.54 Å². The molecule has 28 heavy (non-hydrogen) atoms. The highest BCUT2D eigenvalue weighted by Crippen LogP contribution is 2.31. The molecular formula is C20H24N6O2. The summed E-state index contributed by atoms with van der Waals surface area (Å²) in [6.45, 7) is 2.70. The maximum atomic E-state index is 12.9. The third-order valence-corrected chi connectivity index (χ3v) is 5.95. The number of aryl methyl sites for hydroxylation is 2. The van der Waals surface area contributed by atoms with Gasteiger partial charge in [0.1, 0.15) is 11.6 Å². The fourth-order valence-electron chi connectivity index (χ4n) is 4.64. The fourth-order valence-corrected chi connectivity index (χ4v) is 4.64. The van der Waals surface area contributed by atoms with E-state index in [9.17, 15) is 9.59 Å². The number of aromatic amines is 1. The van der Waals surface area contributed by atoms with Gasteiger partial charge in [-0.25, -0.2) is 14.5 Å². The Balaban J connectivity index is 1.42. The van der Waals surface area contributed by atoms with Crippen LogP contribution in [0.4, 0.5) is 0 Å². The Hall–Kier alpha value is -2.90. The van der Waals surface area contributed by atoms with Crippen molar-refractivity contribution in [3.8, 4) is 0 Å². The van der Waals surface area contributed by atoms with E-state index < -0.39 is 0 Å². The highest BCUT2D eigenvalue weighted by molar-refractivity contribution is 5.97. The van der Waals surface area contributed by atoms with Crippen LogP contribution in [0.1, 0.15) is 72.6 Å². The van der Waals surface area contributed by atoms with E-state index in [4.69, 9.17) is 0 Å². The molecule has 8 heteroatoms. The van der Waals surface area contributed by atoms with Crippen LogP contribution in [0, 0.1) is 6.92 Å². The third kappa shape index (κ3) is 2.83. The van der Waals surface area contributed by atoms with E-state index in [1.165, 1.54) is 0 Å². The molecule has 1 aliphatic carbocycles. The van der Waals surface area contributed by atoms with Gasteiger partial charge >= 0.3 is 5.69 Å². The van der Waals surface area contributed by atoms with Gasteiger partial charge in [-0.1, -0.05) is 12.8 Å². The second-order valence-electron chi connectivity index (χ2n) is 7.88. The van der Waals surface area contributed by atoms with Crippen LogP contribution >= 0.6 is 0 Å². The number of H-pyrrole nitrogens is 1. The van der Waals surface area contributed by atoms with E-state index in [1.54, 1.807) is 12.1 Å². The Labute approximate surface area is 162 Å². The lowest BCUT2D eigenvalue weighted by molar-refractivity contribution is 0.0927. The number of hydrogen-bond acceptors (Lipinski definition) is 4. The minimum absolute atomic E-state index is 0.0877. The largest absolute Gasteiger partial charge is 0.342 e. The maximum Gasteiger partial charge on any atom is 0.326 e. The summed E-state index contributed by atoms with van der Waals surface area (Å²) in [5.74, 6) is 1.39. The van der Waals surface area contributed by atoms with Crippen LogP contribution in [0.3, 0.4) is 0 Å². The number of carbonyl (C=O) groups is 1. The summed E-state index contributed by atoms with van der Waals surface area (Å²) in [6.07, 6.45) is 6.21. The van der Waals surface area contributed by atoms with Crippen LogP contribution in [0.15, 0.2) is 23.0 Å². The first-order valence-corrected chi connectivity index (χ1v) is 10.1. The summed E-state index contributed by atoms with van der Waals surface area (Å²) in [6, 6.07) is 5.58. The summed E-state index contributed by atoms with van der Waals surface area (Å²) in [7, 11) is 0. The summed E-state index contributed by atoms with van der Waals surface area (Å²) in [5, 5.41) is 7.47. The summed E-state index contributed by atoms with van der Waals surface area (Å²) in [4.78, 5) is 32.7. The van der Waals surface area contributed by atoms with E-state index in [1.807, 2.05) is 22.2 Å². The fraction of sp³-hybridized carbons (Fsp3) is 0.500. The lowest BCUT2D eigenvalue weighted by atomic mass is 10.1. The lowest BCUT2D eigenvalue weighted by Crippen LogP contribution is -2.33. The molecule has 1 unspecified atom stereocenters. The number of hydrogen-bond donors (Lipinski definition) is 2. The molecule has 146 valence electrons. The number of benzene rings is 1. The lowest BCUT2D eigenvalue weighted by Gasteiger charge is -2.23. The Kier molecular flexibility index (Phi) is 4.07. The Morgan fingerprint density at radius 1 is 1.21 bits per heavy atom. The normalized spacial score (nSPS) is 19.8. The number of nitrogens with zero attached hydrogens (tertiary/aromatic N) is 4. The van der Waals surface area contributed by atoms with E-state index in [2.05, 4.69) is 20.4 Å². The monoisotopic (exact) mass is 380 g/mol. The summed E-state index contributed by atoms with van der Waals surface area (Å²) >= 11 is 0. The predicted octanol–water partition coefficient (Wildman–Crippen LogP) is 2.61. The van der Waals surface area contributed by atoms with Crippen molar-refractivity contribution in [1.82, 2.24) is 29.6 Å². The van der Waals surface area contributed by atoms with Crippen LogP contribution in [0.2, 0.25) is 0 Å². The zero-order chi connectivity index (χ0) is 19.3. The zero-order valence-corrected chi connectivity index (χ0v) is 15.9. The molecule has 0 spiro atoms. The standard InChI is InChI=1S/C20H24N6O2/c1-12-21-18-15(7-4-10-25(18)24-12)22-19(27)13-8-9-17-16(11-13)23-20(28)26(17)14-5-2-3-6-14/h8-9,11,14-15H,2-7,10H2,1H3,(H,22,27)(H,23,28). The molecule has 2 aliphatic rings. The van der Waals surface area contributed by atoms with Crippen LogP contribution in [0.25, 0.3) is 11.0 Å². The summed E-state index contributed by atoms with van der Waals surface area (Å²) < 4.78 is 3.74. The minimum Gasteiger partial charge on any atom is -0.342 e. The SMILES string of the molecule is Cc1nc2n(n1)CCCC2NC(=O)c1ccc2c(c1)[nH]c(=O)n2C1CCCC1. The van der Waals surface area contributed by atoms with E-state index in [0.29, 0.717) is 11.1 Å². The van der Waals surface area contributed by atoms with Gasteiger partial charge in [0, 0.05) is 18.2 Å². The maximum absolute atomic E-state index is 12.9. The molecule has 0 saturated heterocycles. The highest BCUT2D eigenvalue weighted by atomic mass is 16.2. The van der Waals surface area contributed by atoms with Crippen molar-refractivity contribution in [1.29, 1.82) is 0 Å². The number of nitrogens with one attached hydrogen (secondary N) is 2. The Morgan fingerprint density at radius 3 is 2.86 bits per heavy atom. The molecule has 1 fully saturated rings. The first kappa shape index (κ1) is 17.2. The third-order valence-electron chi connectivity index (χ3n) is 5.95. The first-order valence-electron chi connectivity index (χ1n) is 10.1. The molecule has 3 heterocycles. The van der Waals surface area contributed by atoms with Crippen molar-refractivity contribution in [2.24, 2.45) is 0 Å². The molecular weight excluding hydrogens is 356 g/mol. The van der Waals surface area contributed by atoms with Gasteiger partial charge in [-0.2, -0.15) is 5.10 Å². The second kappa shape index (κ2) is 6.61. The molecule has 5 rings (SSSR count). The molecule has 2 N–H and O–H groups in total. The number of rotatable bonds is 3. The van der Waals surface area contributed by atoms with Gasteiger partial charge in [0.2, 0.25) is 0 Å². The van der Waals surface area contributed by atoms with Crippen molar-refractivity contribution in [3.05, 3.63) is 45.9 Å². The van der Waals surface area contributed by atoms with Gasteiger partial charge < -0.3 is 10.3 Å². The van der Waals surface area contributed by atoms with Crippen molar-refractivity contribution >= 4 is 16.9 Å². The molecule has 1 amide bonds. The second-order valence-corrected chi connectivity index (χ2v) is 7.88. The molecule has 0 bridgehead atoms. The van der Waals surface area contributed by atoms with E-state index >= 15 is 0 Å². The minimum atomic E-state index is -0.157. The average molecular weight is 380 g/mol. The highest BCUT2D eigenvalue weighted by Gasteiger charge is 2.26. The van der Waals surface area contributed by atoms with Gasteiger partial charge in [0.15, 0.2) is 0 Å². The van der Waals surface area contributed by atoms with Crippen LogP contribution < -0.4 is 11.0 Å². The van der Waals surface area contributed by atoms with Crippen molar-refractivity contribution < 1.29 is 4.79 Å². The molecule has 1 atom stereocenters. The quantitative estimate of drug-likeness (QED) is 0.730. The molecule has 1 aliphatic heterocycles. The van der Waals surface area contributed by atoms with Crippen molar-refractivity contribution in [2.45, 2.75) is 64.1 Å². The topological polar surface area (TPSA) is 97.6 Å². The molecule has 8 nitrogen and oxygen atoms in total. The smallest absolute Gasteiger partial charge is 0.326 e. The van der Waals surface area contributed by atoms with E-state index in [-0.39, 0.29) is 23.7 Å². The van der Waals surface area contributed by atoms with Crippen LogP contribution in [0.5, 0.6) is 0 Å². The van der Waals surface area contributed by atoms with Gasteiger partial charge in [-0.05, 0) is 50.8 Å². The van der Waals surface area contributed by atoms with Crippen LogP contribution in [-0.4, -0.2) is 30.2 Å².